The molecule has 0 saturated carbocycles. The van der Waals surface area contributed by atoms with Gasteiger partial charge in [-0.2, -0.15) is 0 Å². The summed E-state index contributed by atoms with van der Waals surface area (Å²) in [5.74, 6) is 0.545. The molecule has 0 atom stereocenters. The summed E-state index contributed by atoms with van der Waals surface area (Å²) in [7, 11) is 0. The first-order valence-corrected chi connectivity index (χ1v) is 7.14. The molecule has 0 aliphatic carbocycles. The van der Waals surface area contributed by atoms with E-state index in [2.05, 4.69) is 26.0 Å². The van der Waals surface area contributed by atoms with Crippen LogP contribution in [0.4, 0.5) is 5.69 Å². The zero-order valence-electron chi connectivity index (χ0n) is 11.6. The van der Waals surface area contributed by atoms with Crippen molar-refractivity contribution >= 4 is 23.2 Å². The van der Waals surface area contributed by atoms with Crippen molar-refractivity contribution in [2.24, 2.45) is 0 Å². The van der Waals surface area contributed by atoms with Crippen molar-refractivity contribution in [3.05, 3.63) is 64.2 Å². The molecule has 0 saturated heterocycles. The van der Waals surface area contributed by atoms with E-state index in [1.165, 1.54) is 5.56 Å². The number of rotatable bonds is 2. The van der Waals surface area contributed by atoms with E-state index >= 15 is 0 Å². The van der Waals surface area contributed by atoms with E-state index in [0.29, 0.717) is 17.5 Å². The lowest BCUT2D eigenvalue weighted by molar-refractivity contribution is 0.0996. The molecule has 1 heterocycles. The van der Waals surface area contributed by atoms with Gasteiger partial charge in [-0.05, 0) is 47.4 Å². The third-order valence-corrected chi connectivity index (χ3v) is 3.98. The van der Waals surface area contributed by atoms with E-state index in [9.17, 15) is 4.79 Å². The van der Waals surface area contributed by atoms with Crippen molar-refractivity contribution in [2.75, 3.05) is 4.90 Å². The maximum Gasteiger partial charge on any atom is 0.258 e. The Labute approximate surface area is 124 Å². The number of fused-ring (bicyclic) bond motifs is 1. The minimum absolute atomic E-state index is 0.0500. The fourth-order valence-electron chi connectivity index (χ4n) is 2.54. The number of carbonyl (C=O) groups is 1. The molecular formula is C17H16ClNO. The lowest BCUT2D eigenvalue weighted by Gasteiger charge is -2.16. The summed E-state index contributed by atoms with van der Waals surface area (Å²) in [5, 5.41) is 0.675. The Bertz CT molecular complexity index is 661. The summed E-state index contributed by atoms with van der Waals surface area (Å²) in [5.41, 5.74) is 3.96. The summed E-state index contributed by atoms with van der Waals surface area (Å²) in [6, 6.07) is 13.7. The molecule has 3 heteroatoms. The summed E-state index contributed by atoms with van der Waals surface area (Å²) in [6.07, 6.45) is 0. The van der Waals surface area contributed by atoms with Gasteiger partial charge in [-0.3, -0.25) is 4.79 Å². The van der Waals surface area contributed by atoms with Crippen LogP contribution in [-0.2, 0) is 6.54 Å². The molecule has 0 aromatic heterocycles. The Morgan fingerprint density at radius 2 is 1.80 bits per heavy atom. The number of hydrogen-bond donors (Lipinski definition) is 0. The average molecular weight is 286 g/mol. The highest BCUT2D eigenvalue weighted by molar-refractivity contribution is 6.31. The van der Waals surface area contributed by atoms with Crippen molar-refractivity contribution in [3.63, 3.8) is 0 Å². The molecule has 1 aliphatic rings. The molecule has 102 valence electrons. The topological polar surface area (TPSA) is 20.3 Å². The minimum Gasteiger partial charge on any atom is -0.304 e. The second-order valence-corrected chi connectivity index (χ2v) is 5.88. The third-order valence-electron chi connectivity index (χ3n) is 3.74. The molecule has 2 aromatic carbocycles. The molecule has 20 heavy (non-hydrogen) atoms. The van der Waals surface area contributed by atoms with E-state index < -0.39 is 0 Å². The molecule has 0 unspecified atom stereocenters. The molecule has 2 aromatic rings. The molecule has 0 spiro atoms. The van der Waals surface area contributed by atoms with Gasteiger partial charge in [-0.15, -0.1) is 0 Å². The van der Waals surface area contributed by atoms with Crippen LogP contribution in [0, 0.1) is 0 Å². The Morgan fingerprint density at radius 1 is 1.10 bits per heavy atom. The molecule has 1 amide bonds. The predicted molar refractivity (Wildman–Crippen MR) is 82.5 cm³/mol. The van der Waals surface area contributed by atoms with Gasteiger partial charge in [0.2, 0.25) is 0 Å². The molecule has 2 nitrogen and oxygen atoms in total. The number of carbonyl (C=O) groups excluding carboxylic acids is 1. The Balaban J connectivity index is 1.92. The first-order valence-electron chi connectivity index (χ1n) is 6.76. The zero-order chi connectivity index (χ0) is 14.3. The number of anilines is 1. The number of benzene rings is 2. The van der Waals surface area contributed by atoms with E-state index in [1.54, 1.807) is 11.0 Å². The molecule has 0 radical (unpaired) electrons. The SMILES string of the molecule is CC(C)c1ccc(N2Cc3cc(Cl)ccc3C2=O)cc1. The van der Waals surface area contributed by atoms with Gasteiger partial charge in [0, 0.05) is 16.3 Å². The van der Waals surface area contributed by atoms with Gasteiger partial charge < -0.3 is 4.90 Å². The van der Waals surface area contributed by atoms with Crippen LogP contribution in [0.15, 0.2) is 42.5 Å². The standard InChI is InChI=1S/C17H16ClNO/c1-11(2)12-3-6-15(7-4-12)19-10-13-9-14(18)5-8-16(13)17(19)20/h3-9,11H,10H2,1-2H3. The highest BCUT2D eigenvalue weighted by Gasteiger charge is 2.28. The van der Waals surface area contributed by atoms with Crippen molar-refractivity contribution in [1.82, 2.24) is 0 Å². The van der Waals surface area contributed by atoms with Gasteiger partial charge in [0.05, 0.1) is 6.54 Å². The fraction of sp³-hybridized carbons (Fsp3) is 0.235. The highest BCUT2D eigenvalue weighted by Crippen LogP contribution is 2.30. The maximum absolute atomic E-state index is 12.4. The van der Waals surface area contributed by atoms with Gasteiger partial charge in [0.25, 0.3) is 5.91 Å². The third kappa shape index (κ3) is 2.20. The summed E-state index contributed by atoms with van der Waals surface area (Å²) >= 11 is 5.99. The molecular weight excluding hydrogens is 270 g/mol. The van der Waals surface area contributed by atoms with Crippen LogP contribution in [0.5, 0.6) is 0 Å². The quantitative estimate of drug-likeness (QED) is 0.788. The molecule has 1 aliphatic heterocycles. The van der Waals surface area contributed by atoms with E-state index in [0.717, 1.165) is 16.8 Å². The van der Waals surface area contributed by atoms with Gasteiger partial charge >= 0.3 is 0 Å². The summed E-state index contributed by atoms with van der Waals surface area (Å²) in [6.45, 7) is 4.91. The van der Waals surface area contributed by atoms with Gasteiger partial charge in [0.15, 0.2) is 0 Å². The van der Waals surface area contributed by atoms with Crippen LogP contribution in [0.3, 0.4) is 0 Å². The van der Waals surface area contributed by atoms with Crippen LogP contribution < -0.4 is 4.90 Å². The van der Waals surface area contributed by atoms with E-state index in [-0.39, 0.29) is 5.91 Å². The summed E-state index contributed by atoms with van der Waals surface area (Å²) < 4.78 is 0. The zero-order valence-corrected chi connectivity index (χ0v) is 12.3. The molecule has 3 rings (SSSR count). The van der Waals surface area contributed by atoms with E-state index in [4.69, 9.17) is 11.6 Å². The number of amides is 1. The number of hydrogen-bond acceptors (Lipinski definition) is 1. The number of halogens is 1. The van der Waals surface area contributed by atoms with Crippen molar-refractivity contribution in [3.8, 4) is 0 Å². The molecule has 0 bridgehead atoms. The van der Waals surface area contributed by atoms with Crippen LogP contribution in [0.2, 0.25) is 5.02 Å². The molecule has 0 fully saturated rings. The smallest absolute Gasteiger partial charge is 0.258 e. The van der Waals surface area contributed by atoms with E-state index in [1.807, 2.05) is 24.3 Å². The Kier molecular flexibility index (Phi) is 3.27. The van der Waals surface area contributed by atoms with Crippen LogP contribution in [-0.4, -0.2) is 5.91 Å². The highest BCUT2D eigenvalue weighted by atomic mass is 35.5. The van der Waals surface area contributed by atoms with Gasteiger partial charge in [-0.1, -0.05) is 37.6 Å². The van der Waals surface area contributed by atoms with Crippen LogP contribution >= 0.6 is 11.6 Å². The summed E-state index contributed by atoms with van der Waals surface area (Å²) in [4.78, 5) is 14.2. The molecule has 0 N–H and O–H groups in total. The van der Waals surface area contributed by atoms with Gasteiger partial charge in [0.1, 0.15) is 0 Å². The average Bonchev–Trinajstić information content (AvgIpc) is 2.75. The normalized spacial score (nSPS) is 14.0. The minimum atomic E-state index is 0.0500. The van der Waals surface area contributed by atoms with Crippen molar-refractivity contribution in [1.29, 1.82) is 0 Å². The first kappa shape index (κ1) is 13.2. The second-order valence-electron chi connectivity index (χ2n) is 5.44. The number of nitrogens with zero attached hydrogens (tertiary/aromatic N) is 1. The van der Waals surface area contributed by atoms with Gasteiger partial charge in [-0.25, -0.2) is 0 Å². The Hall–Kier alpha value is -1.80. The predicted octanol–water partition coefficient (Wildman–Crippen LogP) is 4.62. The fourth-order valence-corrected chi connectivity index (χ4v) is 2.73. The lowest BCUT2D eigenvalue weighted by atomic mass is 10.0. The van der Waals surface area contributed by atoms with Crippen LogP contribution in [0.1, 0.15) is 41.3 Å². The maximum atomic E-state index is 12.4. The lowest BCUT2D eigenvalue weighted by Crippen LogP contribution is -2.22. The van der Waals surface area contributed by atoms with Crippen LogP contribution in [0.25, 0.3) is 0 Å². The second kappa shape index (κ2) is 4.95. The van der Waals surface area contributed by atoms with Crippen molar-refractivity contribution in [2.45, 2.75) is 26.3 Å². The first-order chi connectivity index (χ1) is 9.56. The van der Waals surface area contributed by atoms with Crippen molar-refractivity contribution < 1.29 is 4.79 Å². The monoisotopic (exact) mass is 285 g/mol. The largest absolute Gasteiger partial charge is 0.304 e. The Morgan fingerprint density at radius 3 is 2.45 bits per heavy atom.